The second kappa shape index (κ2) is 14.9. The summed E-state index contributed by atoms with van der Waals surface area (Å²) in [7, 11) is 0. The molecule has 0 saturated carbocycles. The van der Waals surface area contributed by atoms with E-state index in [2.05, 4.69) is 5.32 Å². The largest absolute Gasteiger partial charge is 0.490 e. The van der Waals surface area contributed by atoms with Crippen LogP contribution in [0.4, 0.5) is 14.9 Å². The van der Waals surface area contributed by atoms with E-state index in [9.17, 15) is 14.0 Å². The Hall–Kier alpha value is -4.18. The monoisotopic (exact) mass is 653 g/mol. The minimum atomic E-state index is -0.602. The Kier molecular flexibility index (Phi) is 10.8. The number of fused-ring (bicyclic) bond motifs is 1. The van der Waals surface area contributed by atoms with Crippen molar-refractivity contribution in [3.63, 3.8) is 0 Å². The van der Waals surface area contributed by atoms with Crippen LogP contribution in [-0.2, 0) is 17.6 Å². The van der Waals surface area contributed by atoms with Gasteiger partial charge in [0.2, 0.25) is 5.91 Å². The van der Waals surface area contributed by atoms with Crippen LogP contribution in [0, 0.1) is 5.82 Å². The number of hydrogen-bond donors (Lipinski definition) is 1. The summed E-state index contributed by atoms with van der Waals surface area (Å²) in [5.74, 6) is 1.83. The first-order chi connectivity index (χ1) is 22.3. The van der Waals surface area contributed by atoms with Gasteiger partial charge in [0.05, 0.1) is 43.5 Å². The molecule has 1 N–H and O–H groups in total. The van der Waals surface area contributed by atoms with E-state index >= 15 is 0 Å². The number of carbonyl (C=O) groups is 2. The van der Waals surface area contributed by atoms with E-state index < -0.39 is 11.9 Å². The number of carbonyl (C=O) groups excluding carboxylic acids is 2. The molecule has 1 saturated heterocycles. The van der Waals surface area contributed by atoms with E-state index in [1.165, 1.54) is 17.0 Å². The SMILES string of the molecule is CCOc1ccc(CC2c3cc(OCC)c(OCC)cc3CCN2C(=O)NC2CC(=O)N(c3ccc(Cl)c(F)c3)C2)cc1OCC. The Morgan fingerprint density at radius 1 is 0.891 bits per heavy atom. The smallest absolute Gasteiger partial charge is 0.318 e. The number of rotatable bonds is 12. The first-order valence-electron chi connectivity index (χ1n) is 15.9. The van der Waals surface area contributed by atoms with Crippen molar-refractivity contribution in [2.24, 2.45) is 0 Å². The standard InChI is InChI=1S/C35H41ClFN3O6/c1-5-43-30-12-9-22(16-31(30)44-6-2)15-29-26-20-33(46-8-4)32(45-7-3)17-23(26)13-14-39(29)35(42)38-24-18-34(41)40(21-24)25-10-11-27(36)28(37)19-25/h9-12,16-17,19-20,24,29H,5-8,13-15,18,21H2,1-4H3,(H,38,42). The van der Waals surface area contributed by atoms with Gasteiger partial charge in [0.15, 0.2) is 23.0 Å². The molecule has 2 atom stereocenters. The molecule has 246 valence electrons. The number of ether oxygens (including phenoxy) is 4. The molecule has 0 bridgehead atoms. The quantitative estimate of drug-likeness (QED) is 0.233. The van der Waals surface area contributed by atoms with Gasteiger partial charge in [-0.1, -0.05) is 17.7 Å². The maximum Gasteiger partial charge on any atom is 0.318 e. The summed E-state index contributed by atoms with van der Waals surface area (Å²) in [6.45, 7) is 10.4. The molecular formula is C35H41ClFN3O6. The lowest BCUT2D eigenvalue weighted by Gasteiger charge is -2.38. The van der Waals surface area contributed by atoms with Crippen molar-refractivity contribution in [1.82, 2.24) is 10.2 Å². The molecule has 0 aromatic heterocycles. The Balaban J connectivity index is 1.44. The van der Waals surface area contributed by atoms with Gasteiger partial charge in [-0.15, -0.1) is 0 Å². The van der Waals surface area contributed by atoms with Gasteiger partial charge in [0.25, 0.3) is 0 Å². The molecule has 3 amide bonds. The van der Waals surface area contributed by atoms with Crippen molar-refractivity contribution >= 4 is 29.2 Å². The fraction of sp³-hybridized carbons (Fsp3) is 0.429. The summed E-state index contributed by atoms with van der Waals surface area (Å²) in [4.78, 5) is 30.2. The van der Waals surface area contributed by atoms with Crippen molar-refractivity contribution in [2.45, 2.75) is 59.0 Å². The van der Waals surface area contributed by atoms with Gasteiger partial charge >= 0.3 is 6.03 Å². The number of halogens is 2. The zero-order chi connectivity index (χ0) is 32.8. The Morgan fingerprint density at radius 2 is 1.54 bits per heavy atom. The highest BCUT2D eigenvalue weighted by Crippen LogP contribution is 2.41. The van der Waals surface area contributed by atoms with Crippen LogP contribution in [0.3, 0.4) is 0 Å². The van der Waals surface area contributed by atoms with E-state index in [4.69, 9.17) is 30.5 Å². The van der Waals surface area contributed by atoms with E-state index in [-0.39, 0.29) is 36.0 Å². The van der Waals surface area contributed by atoms with Crippen LogP contribution in [0.15, 0.2) is 48.5 Å². The van der Waals surface area contributed by atoms with Gasteiger partial charge in [-0.3, -0.25) is 4.79 Å². The molecule has 2 aliphatic rings. The highest BCUT2D eigenvalue weighted by molar-refractivity contribution is 6.30. The second-order valence-electron chi connectivity index (χ2n) is 11.1. The topological polar surface area (TPSA) is 89.6 Å². The van der Waals surface area contributed by atoms with Crippen molar-refractivity contribution in [1.29, 1.82) is 0 Å². The van der Waals surface area contributed by atoms with Crippen LogP contribution < -0.4 is 29.2 Å². The second-order valence-corrected chi connectivity index (χ2v) is 11.5. The van der Waals surface area contributed by atoms with Crippen molar-refractivity contribution in [2.75, 3.05) is 44.4 Å². The number of benzene rings is 3. The maximum absolute atomic E-state index is 14.1. The summed E-state index contributed by atoms with van der Waals surface area (Å²) < 4.78 is 37.7. The fourth-order valence-electron chi connectivity index (χ4n) is 6.12. The number of urea groups is 1. The van der Waals surface area contributed by atoms with Crippen LogP contribution in [0.1, 0.15) is 56.8 Å². The molecule has 5 rings (SSSR count). The molecule has 0 spiro atoms. The minimum Gasteiger partial charge on any atom is -0.490 e. The predicted molar refractivity (Wildman–Crippen MR) is 175 cm³/mol. The summed E-state index contributed by atoms with van der Waals surface area (Å²) in [6, 6.07) is 13.1. The molecule has 3 aromatic rings. The molecule has 1 fully saturated rings. The fourth-order valence-corrected chi connectivity index (χ4v) is 6.24. The van der Waals surface area contributed by atoms with Crippen LogP contribution in [0.2, 0.25) is 5.02 Å². The highest BCUT2D eigenvalue weighted by atomic mass is 35.5. The normalized spacial score (nSPS) is 17.5. The molecular weight excluding hydrogens is 613 g/mol. The third-order valence-corrected chi connectivity index (χ3v) is 8.43. The summed E-state index contributed by atoms with van der Waals surface area (Å²) in [6.07, 6.45) is 1.24. The van der Waals surface area contributed by atoms with Crippen molar-refractivity contribution in [3.8, 4) is 23.0 Å². The molecule has 9 nitrogen and oxygen atoms in total. The van der Waals surface area contributed by atoms with E-state index in [1.807, 2.05) is 62.9 Å². The van der Waals surface area contributed by atoms with E-state index in [0.717, 1.165) is 16.7 Å². The number of nitrogens with one attached hydrogen (secondary N) is 1. The lowest BCUT2D eigenvalue weighted by atomic mass is 9.88. The van der Waals surface area contributed by atoms with Crippen molar-refractivity contribution < 1.29 is 32.9 Å². The molecule has 0 aliphatic carbocycles. The molecule has 2 aliphatic heterocycles. The zero-order valence-electron chi connectivity index (χ0n) is 26.7. The van der Waals surface area contributed by atoms with Gasteiger partial charge in [-0.2, -0.15) is 0 Å². The lowest BCUT2D eigenvalue weighted by molar-refractivity contribution is -0.117. The summed E-state index contributed by atoms with van der Waals surface area (Å²) in [5, 5.41) is 3.07. The van der Waals surface area contributed by atoms with Gasteiger partial charge in [0, 0.05) is 25.2 Å². The van der Waals surface area contributed by atoms with Crippen LogP contribution >= 0.6 is 11.6 Å². The number of amides is 3. The average molecular weight is 654 g/mol. The first kappa shape index (κ1) is 33.2. The Bertz CT molecular complexity index is 1570. The molecule has 46 heavy (non-hydrogen) atoms. The zero-order valence-corrected chi connectivity index (χ0v) is 27.5. The number of hydrogen-bond acceptors (Lipinski definition) is 6. The maximum atomic E-state index is 14.1. The van der Waals surface area contributed by atoms with Crippen molar-refractivity contribution in [3.05, 3.63) is 76.1 Å². The molecule has 0 radical (unpaired) electrons. The van der Waals surface area contributed by atoms with Gasteiger partial charge < -0.3 is 34.1 Å². The van der Waals surface area contributed by atoms with Crippen LogP contribution in [0.25, 0.3) is 0 Å². The van der Waals surface area contributed by atoms with Crippen LogP contribution in [-0.4, -0.2) is 62.4 Å². The third-order valence-electron chi connectivity index (χ3n) is 8.13. The predicted octanol–water partition coefficient (Wildman–Crippen LogP) is 6.73. The Morgan fingerprint density at radius 3 is 2.22 bits per heavy atom. The van der Waals surface area contributed by atoms with E-state index in [1.54, 1.807) is 6.07 Å². The average Bonchev–Trinajstić information content (AvgIpc) is 3.40. The molecule has 11 heteroatoms. The van der Waals surface area contributed by atoms with Gasteiger partial charge in [0.1, 0.15) is 5.82 Å². The van der Waals surface area contributed by atoms with Crippen LogP contribution in [0.5, 0.6) is 23.0 Å². The third kappa shape index (κ3) is 7.28. The van der Waals surface area contributed by atoms with Gasteiger partial charge in [-0.05, 0) is 99.7 Å². The number of anilines is 1. The van der Waals surface area contributed by atoms with Gasteiger partial charge in [-0.25, -0.2) is 9.18 Å². The Labute approximate surface area is 274 Å². The molecule has 3 aromatic carbocycles. The summed E-state index contributed by atoms with van der Waals surface area (Å²) in [5.41, 5.74) is 3.44. The summed E-state index contributed by atoms with van der Waals surface area (Å²) >= 11 is 5.84. The highest BCUT2D eigenvalue weighted by Gasteiger charge is 2.37. The lowest BCUT2D eigenvalue weighted by Crippen LogP contribution is -2.50. The van der Waals surface area contributed by atoms with E-state index in [0.29, 0.717) is 74.5 Å². The number of nitrogens with zero attached hydrogens (tertiary/aromatic N) is 2. The minimum absolute atomic E-state index is 0.0153. The molecule has 2 unspecified atom stereocenters. The molecule has 2 heterocycles. The first-order valence-corrected chi connectivity index (χ1v) is 16.3.